The minimum absolute atomic E-state index is 0.122. The summed E-state index contributed by atoms with van der Waals surface area (Å²) in [5, 5.41) is 6.44. The summed E-state index contributed by atoms with van der Waals surface area (Å²) in [7, 11) is 0. The topological polar surface area (TPSA) is 41.1 Å². The van der Waals surface area contributed by atoms with Gasteiger partial charge < -0.3 is 10.6 Å². The molecule has 0 aromatic heterocycles. The Morgan fingerprint density at radius 2 is 2.11 bits per heavy atom. The molecule has 2 N–H and O–H groups in total. The molecule has 19 heavy (non-hydrogen) atoms. The second-order valence-corrected chi connectivity index (χ2v) is 5.28. The van der Waals surface area contributed by atoms with Crippen molar-refractivity contribution in [3.63, 3.8) is 0 Å². The van der Waals surface area contributed by atoms with Crippen LogP contribution in [0.4, 0.5) is 5.69 Å². The molecular weight excluding hydrogens is 236 g/mol. The first-order valence-corrected chi connectivity index (χ1v) is 7.40. The van der Waals surface area contributed by atoms with Gasteiger partial charge in [-0.1, -0.05) is 25.5 Å². The van der Waals surface area contributed by atoms with Gasteiger partial charge in [-0.15, -0.1) is 0 Å². The molecule has 1 atom stereocenters. The summed E-state index contributed by atoms with van der Waals surface area (Å²) in [6.45, 7) is 3.23. The van der Waals surface area contributed by atoms with Gasteiger partial charge in [0.25, 0.3) is 0 Å². The fourth-order valence-corrected chi connectivity index (χ4v) is 2.52. The Labute approximate surface area is 115 Å². The van der Waals surface area contributed by atoms with Gasteiger partial charge in [-0.05, 0) is 49.9 Å². The van der Waals surface area contributed by atoms with Gasteiger partial charge in [-0.25, -0.2) is 0 Å². The molecule has 2 rings (SSSR count). The summed E-state index contributed by atoms with van der Waals surface area (Å²) in [5.74, 6) is 0.122. The van der Waals surface area contributed by atoms with Crippen molar-refractivity contribution in [1.82, 2.24) is 5.32 Å². The molecule has 1 aromatic carbocycles. The fourth-order valence-electron chi connectivity index (χ4n) is 2.52. The first-order valence-electron chi connectivity index (χ1n) is 7.40. The van der Waals surface area contributed by atoms with Gasteiger partial charge in [-0.3, -0.25) is 4.79 Å². The number of carbonyl (C=O) groups is 1. The van der Waals surface area contributed by atoms with Crippen molar-refractivity contribution in [2.24, 2.45) is 0 Å². The van der Waals surface area contributed by atoms with Crippen LogP contribution in [0.2, 0.25) is 0 Å². The van der Waals surface area contributed by atoms with E-state index < -0.39 is 0 Å². The van der Waals surface area contributed by atoms with Gasteiger partial charge >= 0.3 is 0 Å². The number of piperidine rings is 1. The van der Waals surface area contributed by atoms with Gasteiger partial charge in [0, 0.05) is 18.2 Å². The molecule has 0 bridgehead atoms. The maximum absolute atomic E-state index is 11.9. The van der Waals surface area contributed by atoms with Crippen molar-refractivity contribution in [3.8, 4) is 0 Å². The molecule has 1 fully saturated rings. The molecule has 0 aliphatic carbocycles. The zero-order valence-electron chi connectivity index (χ0n) is 11.7. The molecule has 0 spiro atoms. The average Bonchev–Trinajstić information content (AvgIpc) is 2.47. The van der Waals surface area contributed by atoms with E-state index in [4.69, 9.17) is 0 Å². The van der Waals surface area contributed by atoms with Crippen LogP contribution < -0.4 is 10.6 Å². The number of amides is 1. The molecule has 3 heteroatoms. The van der Waals surface area contributed by atoms with E-state index in [0.29, 0.717) is 12.5 Å². The van der Waals surface area contributed by atoms with E-state index in [1.165, 1.54) is 24.8 Å². The summed E-state index contributed by atoms with van der Waals surface area (Å²) < 4.78 is 0. The Bertz CT molecular complexity index is 394. The Kier molecular flexibility index (Phi) is 5.40. The van der Waals surface area contributed by atoms with Crippen LogP contribution in [0.5, 0.6) is 0 Å². The van der Waals surface area contributed by atoms with E-state index in [0.717, 1.165) is 25.1 Å². The highest BCUT2D eigenvalue weighted by Crippen LogP contribution is 2.14. The molecule has 1 amide bonds. The van der Waals surface area contributed by atoms with Crippen LogP contribution in [-0.4, -0.2) is 18.5 Å². The van der Waals surface area contributed by atoms with Crippen LogP contribution in [0.15, 0.2) is 24.3 Å². The molecule has 1 aliphatic heterocycles. The van der Waals surface area contributed by atoms with Crippen molar-refractivity contribution in [1.29, 1.82) is 0 Å². The summed E-state index contributed by atoms with van der Waals surface area (Å²) in [4.78, 5) is 11.9. The average molecular weight is 260 g/mol. The monoisotopic (exact) mass is 260 g/mol. The summed E-state index contributed by atoms with van der Waals surface area (Å²) in [5.41, 5.74) is 2.20. The molecule has 0 radical (unpaired) electrons. The van der Waals surface area contributed by atoms with Gasteiger partial charge in [0.2, 0.25) is 5.91 Å². The minimum Gasteiger partial charge on any atom is -0.326 e. The second kappa shape index (κ2) is 7.29. The molecule has 1 heterocycles. The molecule has 1 saturated heterocycles. The lowest BCUT2D eigenvalue weighted by Crippen LogP contribution is -2.34. The van der Waals surface area contributed by atoms with E-state index in [9.17, 15) is 4.79 Å². The van der Waals surface area contributed by atoms with Crippen LogP contribution in [0.25, 0.3) is 0 Å². The molecule has 1 aromatic rings. The zero-order chi connectivity index (χ0) is 13.5. The van der Waals surface area contributed by atoms with Gasteiger partial charge in [0.05, 0.1) is 0 Å². The molecule has 0 saturated carbocycles. The van der Waals surface area contributed by atoms with Crippen LogP contribution in [0.3, 0.4) is 0 Å². The van der Waals surface area contributed by atoms with Crippen LogP contribution >= 0.6 is 0 Å². The predicted octanol–water partition coefficient (Wildman–Crippen LogP) is 3.11. The molecular formula is C16H24N2O. The highest BCUT2D eigenvalue weighted by Gasteiger charge is 2.13. The van der Waals surface area contributed by atoms with E-state index in [-0.39, 0.29) is 5.91 Å². The summed E-state index contributed by atoms with van der Waals surface area (Å²) in [6, 6.07) is 8.63. The molecule has 104 valence electrons. The maximum Gasteiger partial charge on any atom is 0.224 e. The number of nitrogens with one attached hydrogen (secondary N) is 2. The number of aryl methyl sites for hydroxylation is 1. The highest BCUT2D eigenvalue weighted by atomic mass is 16.1. The first kappa shape index (κ1) is 14.1. The van der Waals surface area contributed by atoms with E-state index in [2.05, 4.69) is 29.7 Å². The van der Waals surface area contributed by atoms with Crippen molar-refractivity contribution >= 4 is 11.6 Å². The first-order chi connectivity index (χ1) is 9.28. The Morgan fingerprint density at radius 3 is 2.74 bits per heavy atom. The fraction of sp³-hybridized carbons (Fsp3) is 0.562. The van der Waals surface area contributed by atoms with Gasteiger partial charge in [0.1, 0.15) is 0 Å². The van der Waals surface area contributed by atoms with Crippen LogP contribution in [0, 0.1) is 0 Å². The molecule has 1 aliphatic rings. The van der Waals surface area contributed by atoms with Crippen molar-refractivity contribution in [2.75, 3.05) is 11.9 Å². The van der Waals surface area contributed by atoms with Crippen molar-refractivity contribution in [3.05, 3.63) is 29.8 Å². The van der Waals surface area contributed by atoms with E-state index >= 15 is 0 Å². The standard InChI is InChI=1S/C16H24N2O/c1-2-13-6-8-15(9-7-13)18-16(19)11-10-14-5-3-4-12-17-14/h6-9,14,17H,2-5,10-12H2,1H3,(H,18,19). The summed E-state index contributed by atoms with van der Waals surface area (Å²) in [6.07, 6.45) is 6.34. The number of benzene rings is 1. The Balaban J connectivity index is 1.73. The maximum atomic E-state index is 11.9. The van der Waals surface area contributed by atoms with E-state index in [1.807, 2.05) is 12.1 Å². The van der Waals surface area contributed by atoms with E-state index in [1.54, 1.807) is 0 Å². The van der Waals surface area contributed by atoms with Gasteiger partial charge in [-0.2, -0.15) is 0 Å². The summed E-state index contributed by atoms with van der Waals surface area (Å²) >= 11 is 0. The number of hydrogen-bond donors (Lipinski definition) is 2. The smallest absolute Gasteiger partial charge is 0.224 e. The molecule has 3 nitrogen and oxygen atoms in total. The van der Waals surface area contributed by atoms with Gasteiger partial charge in [0.15, 0.2) is 0 Å². The minimum atomic E-state index is 0.122. The Morgan fingerprint density at radius 1 is 1.32 bits per heavy atom. The number of hydrogen-bond acceptors (Lipinski definition) is 2. The zero-order valence-corrected chi connectivity index (χ0v) is 11.7. The highest BCUT2D eigenvalue weighted by molar-refractivity contribution is 5.90. The lowest BCUT2D eigenvalue weighted by Gasteiger charge is -2.23. The third kappa shape index (κ3) is 4.67. The number of carbonyl (C=O) groups excluding carboxylic acids is 1. The lowest BCUT2D eigenvalue weighted by atomic mass is 10.0. The second-order valence-electron chi connectivity index (χ2n) is 5.28. The lowest BCUT2D eigenvalue weighted by molar-refractivity contribution is -0.116. The third-order valence-electron chi connectivity index (χ3n) is 3.78. The Hall–Kier alpha value is -1.35. The molecule has 1 unspecified atom stereocenters. The number of anilines is 1. The van der Waals surface area contributed by atoms with Crippen molar-refractivity contribution < 1.29 is 4.79 Å². The third-order valence-corrected chi connectivity index (χ3v) is 3.78. The largest absolute Gasteiger partial charge is 0.326 e. The van der Waals surface area contributed by atoms with Crippen LogP contribution in [0.1, 0.15) is 44.6 Å². The quantitative estimate of drug-likeness (QED) is 0.854. The number of rotatable bonds is 5. The normalized spacial score (nSPS) is 19.1. The van der Waals surface area contributed by atoms with Crippen LogP contribution in [-0.2, 0) is 11.2 Å². The predicted molar refractivity (Wildman–Crippen MR) is 79.3 cm³/mol. The SMILES string of the molecule is CCc1ccc(NC(=O)CCC2CCCCN2)cc1. The van der Waals surface area contributed by atoms with Crippen molar-refractivity contribution in [2.45, 2.75) is 51.5 Å².